The average Bonchev–Trinajstić information content (AvgIpc) is 2.83. The molecular formula is C24H29FN4O3. The molecule has 0 aromatic heterocycles. The van der Waals surface area contributed by atoms with Gasteiger partial charge in [0.15, 0.2) is 0 Å². The topological polar surface area (TPSA) is 65.1 Å². The second-order valence-electron chi connectivity index (χ2n) is 8.14. The van der Waals surface area contributed by atoms with E-state index in [9.17, 15) is 14.0 Å². The van der Waals surface area contributed by atoms with Gasteiger partial charge < -0.3 is 19.9 Å². The maximum absolute atomic E-state index is 14.5. The highest BCUT2D eigenvalue weighted by Crippen LogP contribution is 2.21. The number of hydrogen-bond donors (Lipinski definition) is 1. The zero-order valence-electron chi connectivity index (χ0n) is 18.3. The number of benzene rings is 2. The summed E-state index contributed by atoms with van der Waals surface area (Å²) in [6.07, 6.45) is 0.0922. The lowest BCUT2D eigenvalue weighted by atomic mass is 10.1. The molecule has 4 rings (SSSR count). The summed E-state index contributed by atoms with van der Waals surface area (Å²) >= 11 is 0. The van der Waals surface area contributed by atoms with Crippen LogP contribution in [-0.4, -0.2) is 74.0 Å². The Morgan fingerprint density at radius 2 is 1.84 bits per heavy atom. The number of para-hydroxylation sites is 1. The van der Waals surface area contributed by atoms with E-state index in [0.717, 1.165) is 18.8 Å². The van der Waals surface area contributed by atoms with Crippen LogP contribution in [0.4, 0.5) is 10.1 Å². The number of carbonyl (C=O) groups is 2. The molecule has 2 aliphatic heterocycles. The minimum atomic E-state index is -0.607. The van der Waals surface area contributed by atoms with Crippen molar-refractivity contribution in [3.05, 3.63) is 59.9 Å². The van der Waals surface area contributed by atoms with Crippen LogP contribution in [0, 0.1) is 5.82 Å². The lowest BCUT2D eigenvalue weighted by molar-refractivity contribution is -0.139. The molecule has 2 saturated heterocycles. The summed E-state index contributed by atoms with van der Waals surface area (Å²) < 4.78 is 19.5. The van der Waals surface area contributed by atoms with Crippen molar-refractivity contribution < 1.29 is 18.7 Å². The summed E-state index contributed by atoms with van der Waals surface area (Å²) in [6, 6.07) is 14.2. The molecule has 170 valence electrons. The smallest absolute Gasteiger partial charge is 0.237 e. The van der Waals surface area contributed by atoms with Crippen molar-refractivity contribution in [3.8, 4) is 5.75 Å². The fourth-order valence-electron chi connectivity index (χ4n) is 4.32. The Bertz CT molecular complexity index is 948. The number of anilines is 1. The summed E-state index contributed by atoms with van der Waals surface area (Å²) in [4.78, 5) is 31.6. The van der Waals surface area contributed by atoms with Crippen LogP contribution in [-0.2, 0) is 16.1 Å². The largest absolute Gasteiger partial charge is 0.497 e. The Labute approximate surface area is 187 Å². The lowest BCUT2D eigenvalue weighted by Crippen LogP contribution is -2.57. The number of nitrogens with zero attached hydrogens (tertiary/aromatic N) is 3. The van der Waals surface area contributed by atoms with Crippen LogP contribution in [0.25, 0.3) is 0 Å². The van der Waals surface area contributed by atoms with Crippen LogP contribution in [0.1, 0.15) is 12.0 Å². The second-order valence-corrected chi connectivity index (χ2v) is 8.14. The van der Waals surface area contributed by atoms with Gasteiger partial charge in [0, 0.05) is 63.1 Å². The number of methoxy groups -OCH3 is 1. The summed E-state index contributed by atoms with van der Waals surface area (Å²) in [5, 5.41) is 2.84. The van der Waals surface area contributed by atoms with Crippen molar-refractivity contribution in [2.24, 2.45) is 0 Å². The number of piperazine rings is 2. The number of nitrogens with one attached hydrogen (secondary N) is 1. The Kier molecular flexibility index (Phi) is 6.90. The molecule has 0 radical (unpaired) electrons. The van der Waals surface area contributed by atoms with Gasteiger partial charge in [0.05, 0.1) is 19.6 Å². The average molecular weight is 441 g/mol. The van der Waals surface area contributed by atoms with Gasteiger partial charge in [0.1, 0.15) is 11.6 Å². The fourth-order valence-corrected chi connectivity index (χ4v) is 4.32. The maximum atomic E-state index is 14.5. The molecule has 2 aromatic rings. The van der Waals surface area contributed by atoms with Crippen molar-refractivity contribution in [2.45, 2.75) is 19.0 Å². The van der Waals surface area contributed by atoms with Gasteiger partial charge in [0.2, 0.25) is 11.8 Å². The molecule has 2 amide bonds. The van der Waals surface area contributed by atoms with Crippen molar-refractivity contribution in [3.63, 3.8) is 0 Å². The molecule has 2 aromatic carbocycles. The monoisotopic (exact) mass is 440 g/mol. The van der Waals surface area contributed by atoms with Crippen molar-refractivity contribution in [1.82, 2.24) is 15.1 Å². The lowest BCUT2D eigenvalue weighted by Gasteiger charge is -2.39. The molecule has 1 atom stereocenters. The number of hydrogen-bond acceptors (Lipinski definition) is 5. The third-order valence-corrected chi connectivity index (χ3v) is 6.20. The molecule has 0 saturated carbocycles. The molecule has 0 spiro atoms. The van der Waals surface area contributed by atoms with Gasteiger partial charge in [-0.05, 0) is 18.2 Å². The van der Waals surface area contributed by atoms with Crippen molar-refractivity contribution >= 4 is 17.5 Å². The molecular weight excluding hydrogens is 411 g/mol. The summed E-state index contributed by atoms with van der Waals surface area (Å²) in [6.45, 7) is 4.07. The molecule has 2 fully saturated rings. The number of carbonyl (C=O) groups excluding carboxylic acids is 2. The van der Waals surface area contributed by atoms with Gasteiger partial charge in [0.25, 0.3) is 0 Å². The maximum Gasteiger partial charge on any atom is 0.237 e. The molecule has 0 aliphatic carbocycles. The first kappa shape index (κ1) is 22.1. The fraction of sp³-hybridized carbons (Fsp3) is 0.417. The summed E-state index contributed by atoms with van der Waals surface area (Å²) in [7, 11) is 1.49. The summed E-state index contributed by atoms with van der Waals surface area (Å²) in [5.74, 6) is -0.150. The van der Waals surface area contributed by atoms with Gasteiger partial charge in [-0.2, -0.15) is 0 Å². The van der Waals surface area contributed by atoms with Crippen LogP contribution in [0.2, 0.25) is 0 Å². The Hall–Kier alpha value is -3.13. The quantitative estimate of drug-likeness (QED) is 0.743. The molecule has 1 unspecified atom stereocenters. The van der Waals surface area contributed by atoms with Crippen LogP contribution < -0.4 is 15.0 Å². The minimum absolute atomic E-state index is 0.0417. The van der Waals surface area contributed by atoms with E-state index in [2.05, 4.69) is 22.3 Å². The normalized spacial score (nSPS) is 19.6. The number of halogens is 1. The van der Waals surface area contributed by atoms with Crippen molar-refractivity contribution in [1.29, 1.82) is 0 Å². The van der Waals surface area contributed by atoms with E-state index in [1.54, 1.807) is 12.1 Å². The first-order valence-electron chi connectivity index (χ1n) is 11.0. The van der Waals surface area contributed by atoms with Crippen LogP contribution >= 0.6 is 0 Å². The molecule has 7 nitrogen and oxygen atoms in total. The van der Waals surface area contributed by atoms with E-state index in [4.69, 9.17) is 4.74 Å². The second kappa shape index (κ2) is 9.99. The predicted octanol–water partition coefficient (Wildman–Crippen LogP) is 1.87. The highest BCUT2D eigenvalue weighted by Gasteiger charge is 2.34. The zero-order chi connectivity index (χ0) is 22.5. The van der Waals surface area contributed by atoms with Crippen LogP contribution in [0.15, 0.2) is 48.5 Å². The van der Waals surface area contributed by atoms with Crippen LogP contribution in [0.3, 0.4) is 0 Å². The SMILES string of the molecule is COc1ccc(CN2CCNC(=O)C2CC(=O)N2CCN(c3ccccc3)CC2)c(F)c1. The highest BCUT2D eigenvalue weighted by molar-refractivity contribution is 5.89. The molecule has 0 bridgehead atoms. The number of amides is 2. The minimum Gasteiger partial charge on any atom is -0.497 e. The van der Waals surface area contributed by atoms with Crippen molar-refractivity contribution in [2.75, 3.05) is 51.3 Å². The van der Waals surface area contributed by atoms with Gasteiger partial charge >= 0.3 is 0 Å². The van der Waals surface area contributed by atoms with E-state index in [1.165, 1.54) is 13.2 Å². The van der Waals surface area contributed by atoms with E-state index in [1.807, 2.05) is 28.0 Å². The van der Waals surface area contributed by atoms with Gasteiger partial charge in [-0.3, -0.25) is 14.5 Å². The van der Waals surface area contributed by atoms with E-state index < -0.39 is 6.04 Å². The Morgan fingerprint density at radius 1 is 1.09 bits per heavy atom. The summed E-state index contributed by atoms with van der Waals surface area (Å²) in [5.41, 5.74) is 1.63. The first-order chi connectivity index (χ1) is 15.5. The third kappa shape index (κ3) is 5.02. The highest BCUT2D eigenvalue weighted by atomic mass is 19.1. The van der Waals surface area contributed by atoms with E-state index in [-0.39, 0.29) is 30.6 Å². The number of ether oxygens (including phenoxy) is 1. The van der Waals surface area contributed by atoms with Gasteiger partial charge in [-0.15, -0.1) is 0 Å². The van der Waals surface area contributed by atoms with Gasteiger partial charge in [-0.25, -0.2) is 4.39 Å². The van der Waals surface area contributed by atoms with E-state index >= 15 is 0 Å². The first-order valence-corrected chi connectivity index (χ1v) is 11.0. The zero-order valence-corrected chi connectivity index (χ0v) is 18.3. The Morgan fingerprint density at radius 3 is 2.53 bits per heavy atom. The molecule has 2 aliphatic rings. The van der Waals surface area contributed by atoms with Gasteiger partial charge in [-0.1, -0.05) is 24.3 Å². The number of rotatable bonds is 6. The predicted molar refractivity (Wildman–Crippen MR) is 120 cm³/mol. The van der Waals surface area contributed by atoms with E-state index in [0.29, 0.717) is 37.5 Å². The molecule has 32 heavy (non-hydrogen) atoms. The molecule has 1 N–H and O–H groups in total. The standard InChI is InChI=1S/C24H29FN4O3/c1-32-20-8-7-18(21(25)15-20)17-29-10-9-26-24(31)22(29)16-23(30)28-13-11-27(12-14-28)19-5-3-2-4-6-19/h2-8,15,22H,9-14,16-17H2,1H3,(H,26,31). The van der Waals surface area contributed by atoms with Crippen LogP contribution in [0.5, 0.6) is 5.75 Å². The Balaban J connectivity index is 1.38. The molecule has 8 heteroatoms. The third-order valence-electron chi connectivity index (χ3n) is 6.20. The molecule has 2 heterocycles.